The molecule has 24 heavy (non-hydrogen) atoms. The Labute approximate surface area is 147 Å². The van der Waals surface area contributed by atoms with Crippen LogP contribution in [0.5, 0.6) is 11.5 Å². The van der Waals surface area contributed by atoms with Crippen molar-refractivity contribution >= 4 is 21.4 Å². The highest BCUT2D eigenvalue weighted by atomic mass is 32.2. The van der Waals surface area contributed by atoms with E-state index in [1.54, 1.807) is 23.5 Å². The van der Waals surface area contributed by atoms with Crippen molar-refractivity contribution < 1.29 is 17.9 Å². The Bertz CT molecular complexity index is 758. The Morgan fingerprint density at radius 2 is 1.96 bits per heavy atom. The molecule has 0 spiro atoms. The van der Waals surface area contributed by atoms with Gasteiger partial charge in [-0.15, -0.1) is 0 Å². The number of nitrogens with one attached hydrogen (secondary N) is 1. The lowest BCUT2D eigenvalue weighted by molar-refractivity contribution is 0.300. The molecular weight excluding hydrogens is 348 g/mol. The van der Waals surface area contributed by atoms with Crippen molar-refractivity contribution in [3.63, 3.8) is 0 Å². The summed E-state index contributed by atoms with van der Waals surface area (Å²) in [7, 11) is 3.03. The summed E-state index contributed by atoms with van der Waals surface area (Å²) in [5.74, 6) is 0.735. The molecule has 2 rings (SSSR count). The first kappa shape index (κ1) is 18.7. The first-order valence-corrected chi connectivity index (χ1v) is 9.72. The van der Waals surface area contributed by atoms with Gasteiger partial charge in [-0.2, -0.15) is 11.3 Å². The van der Waals surface area contributed by atoms with Gasteiger partial charge in [-0.3, -0.25) is 0 Å². The maximum atomic E-state index is 12.7. The molecule has 0 amide bonds. The summed E-state index contributed by atoms with van der Waals surface area (Å²) in [6.07, 6.45) is 0. The summed E-state index contributed by atoms with van der Waals surface area (Å²) >= 11 is 1.59. The van der Waals surface area contributed by atoms with Crippen molar-refractivity contribution in [2.45, 2.75) is 10.9 Å². The SMILES string of the molecule is COc1ccc(OC)c(S(=O)(=O)NC[C@@H](c2ccsc2)N(C)C)c1. The summed E-state index contributed by atoms with van der Waals surface area (Å²) < 4.78 is 38.4. The molecular formula is C16H22N2O4S2. The van der Waals surface area contributed by atoms with Crippen molar-refractivity contribution in [3.8, 4) is 11.5 Å². The second-order valence-corrected chi connectivity index (χ2v) is 7.92. The molecule has 0 aliphatic carbocycles. The lowest BCUT2D eigenvalue weighted by atomic mass is 10.1. The molecule has 6 nitrogen and oxygen atoms in total. The largest absolute Gasteiger partial charge is 0.497 e. The molecule has 132 valence electrons. The summed E-state index contributed by atoms with van der Waals surface area (Å²) in [5.41, 5.74) is 1.07. The van der Waals surface area contributed by atoms with Crippen molar-refractivity contribution in [1.82, 2.24) is 9.62 Å². The van der Waals surface area contributed by atoms with Gasteiger partial charge in [-0.05, 0) is 48.6 Å². The Morgan fingerprint density at radius 1 is 1.21 bits per heavy atom. The summed E-state index contributed by atoms with van der Waals surface area (Å²) in [4.78, 5) is 2.04. The monoisotopic (exact) mass is 370 g/mol. The van der Waals surface area contributed by atoms with E-state index in [2.05, 4.69) is 4.72 Å². The number of likely N-dealkylation sites (N-methyl/N-ethyl adjacent to an activating group) is 1. The third-order valence-electron chi connectivity index (χ3n) is 3.68. The van der Waals surface area contributed by atoms with Gasteiger partial charge < -0.3 is 14.4 Å². The number of hydrogen-bond donors (Lipinski definition) is 1. The number of ether oxygens (including phenoxy) is 2. The fraction of sp³-hybridized carbons (Fsp3) is 0.375. The Balaban J connectivity index is 2.25. The van der Waals surface area contributed by atoms with Crippen LogP contribution >= 0.6 is 11.3 Å². The third kappa shape index (κ3) is 4.27. The molecule has 0 unspecified atom stereocenters. The molecule has 1 N–H and O–H groups in total. The second-order valence-electron chi connectivity index (χ2n) is 5.40. The minimum absolute atomic E-state index is 0.0531. The number of hydrogen-bond acceptors (Lipinski definition) is 6. The number of sulfonamides is 1. The highest BCUT2D eigenvalue weighted by Gasteiger charge is 2.23. The number of methoxy groups -OCH3 is 2. The van der Waals surface area contributed by atoms with E-state index >= 15 is 0 Å². The predicted octanol–water partition coefficient (Wildman–Crippen LogP) is 2.35. The average Bonchev–Trinajstić information content (AvgIpc) is 3.08. The van der Waals surface area contributed by atoms with E-state index in [0.29, 0.717) is 5.75 Å². The van der Waals surface area contributed by atoms with E-state index in [1.807, 2.05) is 35.8 Å². The zero-order valence-electron chi connectivity index (χ0n) is 14.1. The number of benzene rings is 1. The maximum absolute atomic E-state index is 12.7. The zero-order chi connectivity index (χ0) is 17.7. The molecule has 2 aromatic rings. The topological polar surface area (TPSA) is 67.9 Å². The quantitative estimate of drug-likeness (QED) is 0.773. The molecule has 0 saturated heterocycles. The lowest BCUT2D eigenvalue weighted by Gasteiger charge is -2.24. The Hall–Kier alpha value is -1.61. The van der Waals surface area contributed by atoms with Gasteiger partial charge >= 0.3 is 0 Å². The van der Waals surface area contributed by atoms with Gasteiger partial charge in [0, 0.05) is 18.7 Å². The summed E-state index contributed by atoms with van der Waals surface area (Å²) in [6.45, 7) is 0.256. The molecule has 1 aromatic heterocycles. The van der Waals surface area contributed by atoms with Crippen LogP contribution in [-0.2, 0) is 10.0 Å². The maximum Gasteiger partial charge on any atom is 0.244 e. The van der Waals surface area contributed by atoms with Crippen LogP contribution in [0.4, 0.5) is 0 Å². The van der Waals surface area contributed by atoms with Crippen molar-refractivity contribution in [1.29, 1.82) is 0 Å². The minimum Gasteiger partial charge on any atom is -0.497 e. The van der Waals surface area contributed by atoms with Gasteiger partial charge in [-0.1, -0.05) is 0 Å². The molecule has 8 heteroatoms. The van der Waals surface area contributed by atoms with Crippen LogP contribution in [0.25, 0.3) is 0 Å². The smallest absolute Gasteiger partial charge is 0.244 e. The fourth-order valence-corrected chi connectivity index (χ4v) is 4.25. The van der Waals surface area contributed by atoms with Crippen LogP contribution in [0.3, 0.4) is 0 Å². The van der Waals surface area contributed by atoms with Crippen molar-refractivity contribution in [2.75, 3.05) is 34.9 Å². The van der Waals surface area contributed by atoms with Crippen LogP contribution in [-0.4, -0.2) is 48.2 Å². The third-order valence-corrected chi connectivity index (χ3v) is 5.82. The Kier molecular flexibility index (Phi) is 6.22. The van der Waals surface area contributed by atoms with Gasteiger partial charge in [0.15, 0.2) is 0 Å². The van der Waals surface area contributed by atoms with Gasteiger partial charge in [0.1, 0.15) is 16.4 Å². The molecule has 1 atom stereocenters. The normalized spacial score (nSPS) is 13.0. The van der Waals surface area contributed by atoms with E-state index in [-0.39, 0.29) is 23.2 Å². The zero-order valence-corrected chi connectivity index (χ0v) is 15.8. The van der Waals surface area contributed by atoms with Gasteiger partial charge in [0.05, 0.1) is 14.2 Å². The Morgan fingerprint density at radius 3 is 2.50 bits per heavy atom. The van der Waals surface area contributed by atoms with Gasteiger partial charge in [0.25, 0.3) is 0 Å². The lowest BCUT2D eigenvalue weighted by Crippen LogP contribution is -2.34. The molecule has 0 aliphatic rings. The van der Waals surface area contributed by atoms with Crippen LogP contribution in [0.15, 0.2) is 39.9 Å². The van der Waals surface area contributed by atoms with Crippen LogP contribution in [0.1, 0.15) is 11.6 Å². The first-order chi connectivity index (χ1) is 11.4. The molecule has 0 aliphatic heterocycles. The van der Waals surface area contributed by atoms with Crippen LogP contribution in [0, 0.1) is 0 Å². The van der Waals surface area contributed by atoms with Gasteiger partial charge in [-0.25, -0.2) is 13.1 Å². The second kappa shape index (κ2) is 7.98. The summed E-state index contributed by atoms with van der Waals surface area (Å²) in [6, 6.07) is 6.64. The van der Waals surface area contributed by atoms with E-state index < -0.39 is 10.0 Å². The summed E-state index contributed by atoms with van der Waals surface area (Å²) in [5, 5.41) is 4.00. The minimum atomic E-state index is -3.73. The molecule has 0 fully saturated rings. The highest BCUT2D eigenvalue weighted by molar-refractivity contribution is 7.89. The van der Waals surface area contributed by atoms with Crippen molar-refractivity contribution in [3.05, 3.63) is 40.6 Å². The van der Waals surface area contributed by atoms with E-state index in [1.165, 1.54) is 20.3 Å². The molecule has 1 aromatic carbocycles. The number of rotatable bonds is 8. The van der Waals surface area contributed by atoms with Gasteiger partial charge in [0.2, 0.25) is 10.0 Å². The predicted molar refractivity (Wildman–Crippen MR) is 95.5 cm³/mol. The highest BCUT2D eigenvalue weighted by Crippen LogP contribution is 2.28. The average molecular weight is 370 g/mol. The number of thiophene rings is 1. The van der Waals surface area contributed by atoms with E-state index in [9.17, 15) is 8.42 Å². The van der Waals surface area contributed by atoms with E-state index in [4.69, 9.17) is 9.47 Å². The van der Waals surface area contributed by atoms with Crippen LogP contribution in [0.2, 0.25) is 0 Å². The van der Waals surface area contributed by atoms with E-state index in [0.717, 1.165) is 5.56 Å². The fourth-order valence-electron chi connectivity index (χ4n) is 2.32. The van der Waals surface area contributed by atoms with Crippen molar-refractivity contribution in [2.24, 2.45) is 0 Å². The molecule has 0 bridgehead atoms. The molecule has 1 heterocycles. The standard InChI is InChI=1S/C16H22N2O4S2/c1-18(2)14(12-7-8-23-11-12)10-17-24(19,20)16-9-13(21-3)5-6-15(16)22-4/h5-9,11,14,17H,10H2,1-4H3/t14-/m0/s1. The molecule has 0 saturated carbocycles. The molecule has 0 radical (unpaired) electrons. The first-order valence-electron chi connectivity index (χ1n) is 7.29. The number of nitrogens with zero attached hydrogens (tertiary/aromatic N) is 1. The van der Waals surface area contributed by atoms with Crippen LogP contribution < -0.4 is 14.2 Å².